The number of esters is 3. The summed E-state index contributed by atoms with van der Waals surface area (Å²) in [5.41, 5.74) is 0. The van der Waals surface area contributed by atoms with E-state index >= 15 is 0 Å². The lowest BCUT2D eigenvalue weighted by Crippen LogP contribution is -2.30. The monoisotopic (exact) mass is 807 g/mol. The molecule has 6 nitrogen and oxygen atoms in total. The van der Waals surface area contributed by atoms with Crippen molar-refractivity contribution in [2.24, 2.45) is 5.92 Å². The third-order valence-electron chi connectivity index (χ3n) is 11.5. The number of rotatable bonds is 46. The standard InChI is InChI=1S/C51H98O6/c1-5-7-9-11-13-15-22-27-31-35-39-43-50(53)56-46-48(45-55-49(52)42-38-34-30-25-14-12-10-8-6-2)57-51(54)44-40-36-32-28-24-21-19-17-16-18-20-23-26-29-33-37-41-47(3)4/h47-48H,5-46H2,1-4H3/t48-/m1/s1. The van der Waals surface area contributed by atoms with Crippen LogP contribution in [-0.2, 0) is 28.6 Å². The molecule has 0 aliphatic heterocycles. The quantitative estimate of drug-likeness (QED) is 0.0346. The zero-order valence-corrected chi connectivity index (χ0v) is 38.8. The molecule has 0 saturated heterocycles. The smallest absolute Gasteiger partial charge is 0.306 e. The summed E-state index contributed by atoms with van der Waals surface area (Å²) in [4.78, 5) is 37.8. The summed E-state index contributed by atoms with van der Waals surface area (Å²) < 4.78 is 16.7. The second-order valence-corrected chi connectivity index (χ2v) is 17.9. The normalized spacial score (nSPS) is 11.9. The molecular formula is C51H98O6. The average Bonchev–Trinajstić information content (AvgIpc) is 3.19. The first-order chi connectivity index (χ1) is 27.9. The van der Waals surface area contributed by atoms with E-state index in [1.807, 2.05) is 0 Å². The number of carbonyl (C=O) groups is 3. The maximum Gasteiger partial charge on any atom is 0.306 e. The van der Waals surface area contributed by atoms with Crippen LogP contribution in [0.25, 0.3) is 0 Å². The Morgan fingerprint density at radius 3 is 0.860 bits per heavy atom. The fourth-order valence-electron chi connectivity index (χ4n) is 7.69. The molecule has 0 amide bonds. The minimum absolute atomic E-state index is 0.0630. The molecule has 0 unspecified atom stereocenters. The van der Waals surface area contributed by atoms with Gasteiger partial charge in [0.15, 0.2) is 6.10 Å². The van der Waals surface area contributed by atoms with Crippen LogP contribution in [0.15, 0.2) is 0 Å². The van der Waals surface area contributed by atoms with Crippen molar-refractivity contribution in [1.82, 2.24) is 0 Å². The number of unbranched alkanes of at least 4 members (excludes halogenated alkanes) is 33. The number of ether oxygens (including phenoxy) is 3. The van der Waals surface area contributed by atoms with Gasteiger partial charge in [0.05, 0.1) is 0 Å². The lowest BCUT2D eigenvalue weighted by Gasteiger charge is -2.18. The van der Waals surface area contributed by atoms with Gasteiger partial charge in [0, 0.05) is 19.3 Å². The van der Waals surface area contributed by atoms with Gasteiger partial charge in [0.25, 0.3) is 0 Å². The van der Waals surface area contributed by atoms with Crippen molar-refractivity contribution < 1.29 is 28.6 Å². The average molecular weight is 807 g/mol. The van der Waals surface area contributed by atoms with Gasteiger partial charge < -0.3 is 14.2 Å². The Kier molecular flexibility index (Phi) is 44.2. The minimum atomic E-state index is -0.759. The molecule has 0 rings (SSSR count). The molecule has 0 spiro atoms. The first-order valence-electron chi connectivity index (χ1n) is 25.4. The molecule has 6 heteroatoms. The Bertz CT molecular complexity index is 857. The van der Waals surface area contributed by atoms with E-state index < -0.39 is 6.10 Å². The van der Waals surface area contributed by atoms with Gasteiger partial charge in [0.2, 0.25) is 0 Å². The summed E-state index contributed by atoms with van der Waals surface area (Å²) in [6.07, 6.45) is 46.6. The van der Waals surface area contributed by atoms with Crippen LogP contribution in [0.3, 0.4) is 0 Å². The maximum absolute atomic E-state index is 12.8. The number of carbonyl (C=O) groups excluding carboxylic acids is 3. The highest BCUT2D eigenvalue weighted by molar-refractivity contribution is 5.71. The fraction of sp³-hybridized carbons (Fsp3) is 0.941. The molecule has 0 saturated carbocycles. The zero-order chi connectivity index (χ0) is 41.7. The summed E-state index contributed by atoms with van der Waals surface area (Å²) in [6.45, 7) is 9.01. The van der Waals surface area contributed by atoms with Gasteiger partial charge in [-0.1, -0.05) is 246 Å². The predicted molar refractivity (Wildman–Crippen MR) is 243 cm³/mol. The Morgan fingerprint density at radius 1 is 0.333 bits per heavy atom. The Balaban J connectivity index is 4.22. The van der Waals surface area contributed by atoms with Crippen molar-refractivity contribution in [1.29, 1.82) is 0 Å². The third kappa shape index (κ3) is 45.3. The van der Waals surface area contributed by atoms with Crippen LogP contribution in [0, 0.1) is 5.92 Å². The molecule has 0 heterocycles. The van der Waals surface area contributed by atoms with Gasteiger partial charge >= 0.3 is 17.9 Å². The third-order valence-corrected chi connectivity index (χ3v) is 11.5. The molecule has 0 fully saturated rings. The van der Waals surface area contributed by atoms with Crippen molar-refractivity contribution in [2.45, 2.75) is 291 Å². The van der Waals surface area contributed by atoms with E-state index in [1.54, 1.807) is 0 Å². The van der Waals surface area contributed by atoms with Crippen molar-refractivity contribution in [3.05, 3.63) is 0 Å². The second-order valence-electron chi connectivity index (χ2n) is 17.9. The Labute approximate surface area is 355 Å². The first kappa shape index (κ1) is 55.4. The van der Waals surface area contributed by atoms with Crippen molar-refractivity contribution in [2.75, 3.05) is 13.2 Å². The summed E-state index contributed by atoms with van der Waals surface area (Å²) in [5.74, 6) is 0.00278. The number of hydrogen-bond donors (Lipinski definition) is 0. The van der Waals surface area contributed by atoms with E-state index in [0.717, 1.165) is 63.7 Å². The molecule has 57 heavy (non-hydrogen) atoms. The van der Waals surface area contributed by atoms with Crippen LogP contribution >= 0.6 is 0 Å². The summed E-state index contributed by atoms with van der Waals surface area (Å²) in [6, 6.07) is 0. The largest absolute Gasteiger partial charge is 0.462 e. The van der Waals surface area contributed by atoms with Crippen LogP contribution in [0.2, 0.25) is 0 Å². The Hall–Kier alpha value is -1.59. The SMILES string of the molecule is CCCCCCCCCCCCCC(=O)OC[C@@H](COC(=O)CCCCCCCCCCC)OC(=O)CCCCCCCCCCCCCCCCCCC(C)C. The van der Waals surface area contributed by atoms with E-state index in [1.165, 1.54) is 180 Å². The van der Waals surface area contributed by atoms with E-state index in [2.05, 4.69) is 27.7 Å². The molecule has 0 radical (unpaired) electrons. The molecule has 0 bridgehead atoms. The molecule has 0 aromatic carbocycles. The molecule has 0 N–H and O–H groups in total. The van der Waals surface area contributed by atoms with Gasteiger partial charge in [-0.3, -0.25) is 14.4 Å². The second kappa shape index (κ2) is 45.5. The van der Waals surface area contributed by atoms with Crippen LogP contribution < -0.4 is 0 Å². The molecular weight excluding hydrogens is 709 g/mol. The minimum Gasteiger partial charge on any atom is -0.462 e. The molecule has 0 aromatic rings. The molecule has 0 aromatic heterocycles. The number of hydrogen-bond acceptors (Lipinski definition) is 6. The van der Waals surface area contributed by atoms with Crippen LogP contribution in [-0.4, -0.2) is 37.2 Å². The highest BCUT2D eigenvalue weighted by Gasteiger charge is 2.19. The highest BCUT2D eigenvalue weighted by Crippen LogP contribution is 2.17. The molecule has 0 aliphatic rings. The predicted octanol–water partition coefficient (Wildman–Crippen LogP) is 16.3. The van der Waals surface area contributed by atoms with Crippen molar-refractivity contribution >= 4 is 17.9 Å². The lowest BCUT2D eigenvalue weighted by atomic mass is 10.0. The van der Waals surface area contributed by atoms with Crippen molar-refractivity contribution in [3.8, 4) is 0 Å². The van der Waals surface area contributed by atoms with Gasteiger partial charge in [-0.2, -0.15) is 0 Å². The molecule has 0 aliphatic carbocycles. The van der Waals surface area contributed by atoms with E-state index in [-0.39, 0.29) is 31.1 Å². The van der Waals surface area contributed by atoms with E-state index in [0.29, 0.717) is 19.3 Å². The van der Waals surface area contributed by atoms with Gasteiger partial charge in [-0.25, -0.2) is 0 Å². The van der Waals surface area contributed by atoms with Gasteiger partial charge in [-0.05, 0) is 25.2 Å². The van der Waals surface area contributed by atoms with Crippen LogP contribution in [0.4, 0.5) is 0 Å². The summed E-state index contributed by atoms with van der Waals surface area (Å²) >= 11 is 0. The first-order valence-corrected chi connectivity index (χ1v) is 25.4. The van der Waals surface area contributed by atoms with E-state index in [9.17, 15) is 14.4 Å². The van der Waals surface area contributed by atoms with Gasteiger partial charge in [0.1, 0.15) is 13.2 Å². The maximum atomic E-state index is 12.8. The topological polar surface area (TPSA) is 78.9 Å². The van der Waals surface area contributed by atoms with Crippen LogP contribution in [0.1, 0.15) is 285 Å². The zero-order valence-electron chi connectivity index (χ0n) is 38.8. The lowest BCUT2D eigenvalue weighted by molar-refractivity contribution is -0.167. The summed E-state index contributed by atoms with van der Waals surface area (Å²) in [5, 5.41) is 0. The van der Waals surface area contributed by atoms with Crippen molar-refractivity contribution in [3.63, 3.8) is 0 Å². The fourth-order valence-corrected chi connectivity index (χ4v) is 7.69. The molecule has 1 atom stereocenters. The van der Waals surface area contributed by atoms with E-state index in [4.69, 9.17) is 14.2 Å². The van der Waals surface area contributed by atoms with Crippen LogP contribution in [0.5, 0.6) is 0 Å². The summed E-state index contributed by atoms with van der Waals surface area (Å²) in [7, 11) is 0. The molecule has 338 valence electrons. The van der Waals surface area contributed by atoms with Gasteiger partial charge in [-0.15, -0.1) is 0 Å². The highest BCUT2D eigenvalue weighted by atomic mass is 16.6. The Morgan fingerprint density at radius 2 is 0.579 bits per heavy atom.